The van der Waals surface area contributed by atoms with Crippen LogP contribution in [0.4, 0.5) is 0 Å². The van der Waals surface area contributed by atoms with Crippen molar-refractivity contribution in [2.24, 2.45) is 17.8 Å². The van der Waals surface area contributed by atoms with Gasteiger partial charge in [0.15, 0.2) is 0 Å². The highest BCUT2D eigenvalue weighted by atomic mass is 15.3. The van der Waals surface area contributed by atoms with Crippen molar-refractivity contribution in [2.45, 2.75) is 38.3 Å². The molecule has 2 saturated heterocycles. The lowest BCUT2D eigenvalue weighted by Crippen LogP contribution is -2.53. The molecule has 2 bridgehead atoms. The molecule has 146 valence electrons. The summed E-state index contributed by atoms with van der Waals surface area (Å²) in [7, 11) is 0. The van der Waals surface area contributed by atoms with Crippen molar-refractivity contribution >= 4 is 0 Å². The molecule has 3 atom stereocenters. The summed E-state index contributed by atoms with van der Waals surface area (Å²) in [5.74, 6) is 2.79. The molecule has 2 heterocycles. The van der Waals surface area contributed by atoms with Gasteiger partial charge in [0.2, 0.25) is 0 Å². The van der Waals surface area contributed by atoms with E-state index in [1.807, 2.05) is 0 Å². The van der Waals surface area contributed by atoms with Gasteiger partial charge in [-0.05, 0) is 62.1 Å². The zero-order valence-electron chi connectivity index (χ0n) is 16.7. The predicted molar refractivity (Wildman–Crippen MR) is 112 cm³/mol. The number of rotatable bonds is 5. The van der Waals surface area contributed by atoms with Gasteiger partial charge in [0.25, 0.3) is 0 Å². The van der Waals surface area contributed by atoms with E-state index >= 15 is 0 Å². The normalized spacial score (nSPS) is 33.1. The van der Waals surface area contributed by atoms with E-state index in [4.69, 9.17) is 0 Å². The van der Waals surface area contributed by atoms with Crippen molar-refractivity contribution < 1.29 is 0 Å². The Morgan fingerprint density at radius 2 is 1.56 bits per heavy atom. The van der Waals surface area contributed by atoms with Crippen LogP contribution < -0.4 is 0 Å². The van der Waals surface area contributed by atoms with E-state index in [-0.39, 0.29) is 0 Å². The average molecular weight is 366 g/mol. The molecule has 2 aliphatic heterocycles. The molecule has 1 saturated carbocycles. The zero-order valence-corrected chi connectivity index (χ0v) is 16.7. The van der Waals surface area contributed by atoms with Gasteiger partial charge in [-0.2, -0.15) is 0 Å². The molecule has 5 rings (SSSR count). The fourth-order valence-corrected chi connectivity index (χ4v) is 6.03. The highest BCUT2D eigenvalue weighted by molar-refractivity contribution is 5.14. The maximum absolute atomic E-state index is 2.79. The van der Waals surface area contributed by atoms with Gasteiger partial charge in [-0.15, -0.1) is 0 Å². The van der Waals surface area contributed by atoms with E-state index in [0.717, 1.165) is 30.3 Å². The second kappa shape index (κ2) is 8.06. The third-order valence-corrected chi connectivity index (χ3v) is 7.64. The van der Waals surface area contributed by atoms with Gasteiger partial charge < -0.3 is 4.90 Å². The largest absolute Gasteiger partial charge is 0.303 e. The molecule has 1 aromatic rings. The van der Waals surface area contributed by atoms with Crippen LogP contribution in [0.3, 0.4) is 0 Å². The minimum absolute atomic E-state index is 0.833. The van der Waals surface area contributed by atoms with Crippen LogP contribution in [0.25, 0.3) is 0 Å². The van der Waals surface area contributed by atoms with E-state index in [9.17, 15) is 0 Å². The van der Waals surface area contributed by atoms with Crippen LogP contribution in [0.15, 0.2) is 42.5 Å². The van der Waals surface area contributed by atoms with E-state index in [2.05, 4.69) is 57.2 Å². The minimum Gasteiger partial charge on any atom is -0.303 e. The third-order valence-electron chi connectivity index (χ3n) is 7.64. The molecule has 0 N–H and O–H groups in total. The van der Waals surface area contributed by atoms with E-state index in [1.165, 1.54) is 77.1 Å². The number of nitrogens with zero attached hydrogens (tertiary/aromatic N) is 3. The van der Waals surface area contributed by atoms with Crippen molar-refractivity contribution in [1.82, 2.24) is 14.7 Å². The molecule has 0 unspecified atom stereocenters. The quantitative estimate of drug-likeness (QED) is 0.740. The summed E-state index contributed by atoms with van der Waals surface area (Å²) in [4.78, 5) is 8.20. The van der Waals surface area contributed by atoms with Gasteiger partial charge in [0.1, 0.15) is 0 Å². The zero-order chi connectivity index (χ0) is 18.1. The van der Waals surface area contributed by atoms with E-state index in [0.29, 0.717) is 0 Å². The van der Waals surface area contributed by atoms with Crippen LogP contribution in [-0.2, 0) is 6.54 Å². The Morgan fingerprint density at radius 1 is 0.778 bits per heavy atom. The molecule has 1 aromatic carbocycles. The fraction of sp³-hybridized carbons (Fsp3) is 0.667. The van der Waals surface area contributed by atoms with Crippen LogP contribution in [0.2, 0.25) is 0 Å². The highest BCUT2D eigenvalue weighted by Gasteiger charge is 2.37. The lowest BCUT2D eigenvalue weighted by atomic mass is 9.92. The van der Waals surface area contributed by atoms with Crippen LogP contribution in [0, 0.1) is 17.8 Å². The Hall–Kier alpha value is -1.16. The minimum atomic E-state index is 0.833. The van der Waals surface area contributed by atoms with Crippen LogP contribution in [0.5, 0.6) is 0 Å². The van der Waals surface area contributed by atoms with Gasteiger partial charge in [0, 0.05) is 45.3 Å². The van der Waals surface area contributed by atoms with Crippen LogP contribution in [-0.4, -0.2) is 66.6 Å². The van der Waals surface area contributed by atoms with Crippen molar-refractivity contribution in [3.8, 4) is 0 Å². The fourth-order valence-electron chi connectivity index (χ4n) is 6.03. The topological polar surface area (TPSA) is 9.72 Å². The van der Waals surface area contributed by atoms with Gasteiger partial charge in [-0.3, -0.25) is 9.80 Å². The highest BCUT2D eigenvalue weighted by Crippen LogP contribution is 2.43. The van der Waals surface area contributed by atoms with Gasteiger partial charge in [0.05, 0.1) is 0 Å². The summed E-state index contributed by atoms with van der Waals surface area (Å²) in [6.07, 6.45) is 10.7. The van der Waals surface area contributed by atoms with Crippen molar-refractivity contribution in [2.75, 3.05) is 45.8 Å². The summed E-state index contributed by atoms with van der Waals surface area (Å²) in [5.41, 5.74) is 1.45. The summed E-state index contributed by atoms with van der Waals surface area (Å²) in [6, 6.07) is 11.8. The van der Waals surface area contributed by atoms with E-state index < -0.39 is 0 Å². The first-order valence-corrected chi connectivity index (χ1v) is 11.2. The van der Waals surface area contributed by atoms with Crippen molar-refractivity contribution in [3.05, 3.63) is 48.0 Å². The second-order valence-electron chi connectivity index (χ2n) is 9.37. The third kappa shape index (κ3) is 4.16. The number of piperidine rings is 1. The molecule has 27 heavy (non-hydrogen) atoms. The Bertz CT molecular complexity index is 626. The molecule has 3 nitrogen and oxygen atoms in total. The predicted octanol–water partition coefficient (Wildman–Crippen LogP) is 3.48. The average Bonchev–Trinajstić information content (AvgIpc) is 3.33. The van der Waals surface area contributed by atoms with Gasteiger partial charge in [-0.1, -0.05) is 42.5 Å². The Labute approximate surface area is 165 Å². The number of allylic oxidation sites excluding steroid dienone is 2. The molecule has 3 heteroatoms. The second-order valence-corrected chi connectivity index (χ2v) is 9.37. The standard InChI is InChI=1S/C24H35N3/c1-2-4-20(5-3-1)18-26-12-14-27(15-13-26)24-8-10-25(11-9-24)19-23-17-21-6-7-22(23)16-21/h1-7,21-24H,8-19H2/t21-,22+,23-/m1/s1. The number of hydrogen-bond donors (Lipinski definition) is 0. The molecule has 0 radical (unpaired) electrons. The van der Waals surface area contributed by atoms with Crippen molar-refractivity contribution in [1.29, 1.82) is 0 Å². The number of fused-ring (bicyclic) bond motifs is 2. The molecule has 0 spiro atoms. The summed E-state index contributed by atoms with van der Waals surface area (Å²) >= 11 is 0. The number of hydrogen-bond acceptors (Lipinski definition) is 3. The smallest absolute Gasteiger partial charge is 0.0234 e. The maximum atomic E-state index is 2.79. The lowest BCUT2D eigenvalue weighted by Gasteiger charge is -2.43. The Balaban J connectivity index is 1.04. The van der Waals surface area contributed by atoms with Gasteiger partial charge in [-0.25, -0.2) is 0 Å². The number of piperazine rings is 1. The Kier molecular flexibility index (Phi) is 5.35. The molecule has 0 aromatic heterocycles. The number of likely N-dealkylation sites (tertiary alicyclic amines) is 1. The maximum Gasteiger partial charge on any atom is 0.0234 e. The Morgan fingerprint density at radius 3 is 2.22 bits per heavy atom. The molecule has 4 aliphatic rings. The SMILES string of the molecule is C1=C[C@H]2C[C@@H]1C[C@@H]2CN1CCC(N2CCN(Cc3ccccc3)CC2)CC1. The molecular formula is C24H35N3. The molecule has 3 fully saturated rings. The first kappa shape index (κ1) is 17.9. The van der Waals surface area contributed by atoms with Crippen molar-refractivity contribution in [3.63, 3.8) is 0 Å². The molecule has 2 aliphatic carbocycles. The number of benzene rings is 1. The summed E-state index contributed by atoms with van der Waals surface area (Å²) in [5, 5.41) is 0. The lowest BCUT2D eigenvalue weighted by molar-refractivity contribution is 0.0520. The van der Waals surface area contributed by atoms with Crippen LogP contribution in [0.1, 0.15) is 31.2 Å². The first-order chi connectivity index (χ1) is 13.3. The summed E-state index contributed by atoms with van der Waals surface area (Å²) in [6.45, 7) is 10.1. The monoisotopic (exact) mass is 365 g/mol. The first-order valence-electron chi connectivity index (χ1n) is 11.2. The summed E-state index contributed by atoms with van der Waals surface area (Å²) < 4.78 is 0. The molecular weight excluding hydrogens is 330 g/mol. The molecule has 0 amide bonds. The van der Waals surface area contributed by atoms with Gasteiger partial charge >= 0.3 is 0 Å². The van der Waals surface area contributed by atoms with E-state index in [1.54, 1.807) is 0 Å². The van der Waals surface area contributed by atoms with Crippen LogP contribution >= 0.6 is 0 Å².